The highest BCUT2D eigenvalue weighted by Crippen LogP contribution is 2.22. The fourth-order valence-corrected chi connectivity index (χ4v) is 2.07. The lowest BCUT2D eigenvalue weighted by Crippen LogP contribution is -2.35. The van der Waals surface area contributed by atoms with Crippen LogP contribution in [0.1, 0.15) is 50.4 Å². The van der Waals surface area contributed by atoms with Crippen molar-refractivity contribution in [2.45, 2.75) is 46.0 Å². The number of hydrogen-bond acceptors (Lipinski definition) is 5. The van der Waals surface area contributed by atoms with E-state index in [0.717, 1.165) is 30.3 Å². The molecule has 0 bridgehead atoms. The number of aromatic nitrogens is 2. The van der Waals surface area contributed by atoms with Crippen LogP contribution in [-0.2, 0) is 0 Å². The predicted molar refractivity (Wildman–Crippen MR) is 74.3 cm³/mol. The van der Waals surface area contributed by atoms with Gasteiger partial charge in [-0.25, -0.2) is 15.0 Å². The third kappa shape index (κ3) is 2.90. The van der Waals surface area contributed by atoms with Crippen molar-refractivity contribution in [2.24, 2.45) is 0 Å². The van der Waals surface area contributed by atoms with E-state index in [1.165, 1.54) is 19.3 Å². The molecule has 100 valence electrons. The summed E-state index contributed by atoms with van der Waals surface area (Å²) in [6.45, 7) is 8.26. The van der Waals surface area contributed by atoms with Gasteiger partial charge < -0.3 is 11.2 Å². The molecule has 1 aromatic rings. The molecule has 0 saturated carbocycles. The Bertz CT molecular complexity index is 410. The Kier molecular flexibility index (Phi) is 4.01. The van der Waals surface area contributed by atoms with Crippen LogP contribution in [-0.4, -0.2) is 28.1 Å². The number of hydrazine groups is 1. The summed E-state index contributed by atoms with van der Waals surface area (Å²) in [7, 11) is 0. The maximum absolute atomic E-state index is 5.95. The van der Waals surface area contributed by atoms with E-state index in [1.54, 1.807) is 0 Å². The third-order valence-corrected chi connectivity index (χ3v) is 3.34. The van der Waals surface area contributed by atoms with Crippen LogP contribution < -0.4 is 11.2 Å². The van der Waals surface area contributed by atoms with E-state index in [0.29, 0.717) is 5.82 Å². The van der Waals surface area contributed by atoms with E-state index in [9.17, 15) is 0 Å². The van der Waals surface area contributed by atoms with Gasteiger partial charge in [0.2, 0.25) is 0 Å². The van der Waals surface area contributed by atoms with Crippen LogP contribution in [0.2, 0.25) is 0 Å². The second kappa shape index (κ2) is 5.52. The normalized spacial score (nSPS) is 17.1. The van der Waals surface area contributed by atoms with Gasteiger partial charge in [-0.2, -0.15) is 0 Å². The van der Waals surface area contributed by atoms with Crippen molar-refractivity contribution in [3.8, 4) is 0 Å². The first-order valence-corrected chi connectivity index (χ1v) is 6.73. The molecule has 0 spiro atoms. The van der Waals surface area contributed by atoms with Crippen molar-refractivity contribution in [3.63, 3.8) is 0 Å². The molecule has 2 heterocycles. The van der Waals surface area contributed by atoms with Crippen molar-refractivity contribution < 1.29 is 0 Å². The molecule has 1 aromatic heterocycles. The Morgan fingerprint density at radius 3 is 2.44 bits per heavy atom. The molecule has 0 aromatic carbocycles. The lowest BCUT2D eigenvalue weighted by molar-refractivity contribution is 0.272. The number of piperidine rings is 1. The third-order valence-electron chi connectivity index (χ3n) is 3.34. The molecule has 1 aliphatic heterocycles. The molecule has 5 heteroatoms. The maximum atomic E-state index is 5.95. The fraction of sp³-hybridized carbons (Fsp3) is 0.692. The average Bonchev–Trinajstić information content (AvgIpc) is 2.35. The van der Waals surface area contributed by atoms with Crippen LogP contribution in [0.25, 0.3) is 0 Å². The topological polar surface area (TPSA) is 67.1 Å². The van der Waals surface area contributed by atoms with Gasteiger partial charge in [0.25, 0.3) is 0 Å². The van der Waals surface area contributed by atoms with Crippen LogP contribution in [0.4, 0.5) is 11.6 Å². The Hall–Kier alpha value is -1.36. The lowest BCUT2D eigenvalue weighted by atomic mass is 10.2. The molecule has 0 aliphatic carbocycles. The van der Waals surface area contributed by atoms with Gasteiger partial charge in [0, 0.05) is 24.6 Å². The summed E-state index contributed by atoms with van der Waals surface area (Å²) in [4.78, 5) is 8.92. The second-order valence-electron chi connectivity index (χ2n) is 5.25. The van der Waals surface area contributed by atoms with Gasteiger partial charge in [-0.15, -0.1) is 0 Å². The fourth-order valence-electron chi connectivity index (χ4n) is 2.07. The molecule has 1 fully saturated rings. The number of nitrogens with two attached hydrogens (primary N) is 1. The van der Waals surface area contributed by atoms with E-state index in [1.807, 2.05) is 6.92 Å². The zero-order valence-corrected chi connectivity index (χ0v) is 11.5. The van der Waals surface area contributed by atoms with Crippen LogP contribution in [0.5, 0.6) is 0 Å². The summed E-state index contributed by atoms with van der Waals surface area (Å²) in [6.07, 6.45) is 3.80. The highest BCUT2D eigenvalue weighted by molar-refractivity contribution is 5.54. The Balaban J connectivity index is 2.19. The first kappa shape index (κ1) is 13.1. The van der Waals surface area contributed by atoms with Crippen molar-refractivity contribution in [2.75, 3.05) is 24.2 Å². The molecular formula is C13H23N5. The quantitative estimate of drug-likeness (QED) is 0.860. The minimum atomic E-state index is 0.287. The van der Waals surface area contributed by atoms with E-state index in [-0.39, 0.29) is 5.92 Å². The van der Waals surface area contributed by atoms with Gasteiger partial charge >= 0.3 is 0 Å². The number of nitrogens with one attached hydrogen (secondary N) is 1. The lowest BCUT2D eigenvalue weighted by Gasteiger charge is -2.28. The van der Waals surface area contributed by atoms with E-state index < -0.39 is 0 Å². The minimum Gasteiger partial charge on any atom is -0.383 e. The summed E-state index contributed by atoms with van der Waals surface area (Å²) in [5.74, 6) is 2.52. The molecule has 0 radical (unpaired) electrons. The first-order valence-electron chi connectivity index (χ1n) is 6.73. The van der Waals surface area contributed by atoms with Crippen LogP contribution in [0, 0.1) is 6.92 Å². The molecule has 2 rings (SSSR count). The zero-order chi connectivity index (χ0) is 13.1. The second-order valence-corrected chi connectivity index (χ2v) is 5.25. The highest BCUT2D eigenvalue weighted by atomic mass is 15.5. The van der Waals surface area contributed by atoms with Crippen molar-refractivity contribution in [3.05, 3.63) is 11.4 Å². The van der Waals surface area contributed by atoms with Crippen LogP contribution >= 0.6 is 0 Å². The van der Waals surface area contributed by atoms with Gasteiger partial charge in [0.15, 0.2) is 0 Å². The monoisotopic (exact) mass is 249 g/mol. The van der Waals surface area contributed by atoms with Crippen LogP contribution in [0.3, 0.4) is 0 Å². The minimum absolute atomic E-state index is 0.287. The SMILES string of the molecule is Cc1c(N)nc(C(C)C)nc1NN1CCCCC1. The number of hydrogen-bond donors (Lipinski definition) is 2. The van der Waals surface area contributed by atoms with Gasteiger partial charge in [-0.05, 0) is 19.8 Å². The molecular weight excluding hydrogens is 226 g/mol. The average molecular weight is 249 g/mol. The Morgan fingerprint density at radius 2 is 1.83 bits per heavy atom. The smallest absolute Gasteiger partial charge is 0.149 e. The summed E-state index contributed by atoms with van der Waals surface area (Å²) in [5, 5.41) is 2.22. The summed E-state index contributed by atoms with van der Waals surface area (Å²) in [6, 6.07) is 0. The van der Waals surface area contributed by atoms with Crippen molar-refractivity contribution in [1.29, 1.82) is 0 Å². The van der Waals surface area contributed by atoms with Crippen LogP contribution in [0.15, 0.2) is 0 Å². The van der Waals surface area contributed by atoms with Gasteiger partial charge in [0.1, 0.15) is 17.5 Å². The maximum Gasteiger partial charge on any atom is 0.149 e. The van der Waals surface area contributed by atoms with Gasteiger partial charge in [0.05, 0.1) is 0 Å². The zero-order valence-electron chi connectivity index (χ0n) is 11.5. The van der Waals surface area contributed by atoms with Gasteiger partial charge in [-0.1, -0.05) is 20.3 Å². The summed E-state index contributed by atoms with van der Waals surface area (Å²) >= 11 is 0. The molecule has 0 atom stereocenters. The molecule has 5 nitrogen and oxygen atoms in total. The summed E-state index contributed by atoms with van der Waals surface area (Å²) in [5.41, 5.74) is 10.3. The Labute approximate surface area is 109 Å². The molecule has 0 unspecified atom stereocenters. The van der Waals surface area contributed by atoms with E-state index in [2.05, 4.69) is 34.3 Å². The molecule has 1 saturated heterocycles. The van der Waals surface area contributed by atoms with Crippen molar-refractivity contribution in [1.82, 2.24) is 15.0 Å². The van der Waals surface area contributed by atoms with Crippen molar-refractivity contribution >= 4 is 11.6 Å². The number of rotatable bonds is 3. The van der Waals surface area contributed by atoms with E-state index >= 15 is 0 Å². The molecule has 3 N–H and O–H groups in total. The standard InChI is InChI=1S/C13H23N5/c1-9(2)12-15-11(14)10(3)13(16-12)17-18-7-5-4-6-8-18/h9H,4-8H2,1-3H3,(H3,14,15,16,17). The number of nitrogen functional groups attached to an aromatic ring is 1. The summed E-state index contributed by atoms with van der Waals surface area (Å²) < 4.78 is 0. The Morgan fingerprint density at radius 1 is 1.17 bits per heavy atom. The molecule has 18 heavy (non-hydrogen) atoms. The molecule has 1 aliphatic rings. The largest absolute Gasteiger partial charge is 0.383 e. The molecule has 0 amide bonds. The highest BCUT2D eigenvalue weighted by Gasteiger charge is 2.15. The predicted octanol–water partition coefficient (Wildman–Crippen LogP) is 2.30. The first-order chi connectivity index (χ1) is 8.58. The number of anilines is 2. The van der Waals surface area contributed by atoms with E-state index in [4.69, 9.17) is 5.73 Å². The van der Waals surface area contributed by atoms with Gasteiger partial charge in [-0.3, -0.25) is 0 Å². The number of nitrogens with zero attached hydrogens (tertiary/aromatic N) is 3.